The summed E-state index contributed by atoms with van der Waals surface area (Å²) in [5, 5.41) is 0. The van der Waals surface area contributed by atoms with E-state index in [1.807, 2.05) is 0 Å². The van der Waals surface area contributed by atoms with Gasteiger partial charge in [0.25, 0.3) is 0 Å². The van der Waals surface area contributed by atoms with E-state index in [0.717, 1.165) is 30.3 Å². The second kappa shape index (κ2) is 23.4. The van der Waals surface area contributed by atoms with Crippen LogP contribution < -0.4 is 0 Å². The van der Waals surface area contributed by atoms with Crippen LogP contribution in [0.5, 0.6) is 0 Å². The predicted octanol–water partition coefficient (Wildman–Crippen LogP) is 7.04. The molecule has 0 rings (SSSR count). The van der Waals surface area contributed by atoms with Crippen molar-refractivity contribution < 1.29 is 37.3 Å². The van der Waals surface area contributed by atoms with Gasteiger partial charge in [-0.3, -0.25) is 13.8 Å². The SMILES string of the molecule is CCCCCCCCCCCCCCCCOCC(COP(=O)(O)OCCCC[N+](C)(C)C)OC(C)=O. The van der Waals surface area contributed by atoms with Gasteiger partial charge in [0.05, 0.1) is 47.5 Å². The molecule has 0 spiro atoms. The number of esters is 1. The molecule has 0 aromatic heterocycles. The zero-order valence-electron chi connectivity index (χ0n) is 24.7. The predicted molar refractivity (Wildman–Crippen MR) is 151 cm³/mol. The van der Waals surface area contributed by atoms with E-state index >= 15 is 0 Å². The van der Waals surface area contributed by atoms with Gasteiger partial charge in [-0.15, -0.1) is 0 Å². The molecule has 0 heterocycles. The summed E-state index contributed by atoms with van der Waals surface area (Å²) in [4.78, 5) is 21.3. The molecule has 0 aliphatic heterocycles. The van der Waals surface area contributed by atoms with Gasteiger partial charge in [-0.2, -0.15) is 0 Å². The van der Waals surface area contributed by atoms with Crippen LogP contribution in [0.3, 0.4) is 0 Å². The number of nitrogens with zero attached hydrogens (tertiary/aromatic N) is 1. The van der Waals surface area contributed by atoms with Crippen molar-refractivity contribution in [1.29, 1.82) is 0 Å². The zero-order valence-corrected chi connectivity index (χ0v) is 25.6. The Bertz CT molecular complexity index is 583. The fourth-order valence-corrected chi connectivity index (χ4v) is 4.84. The summed E-state index contributed by atoms with van der Waals surface area (Å²) in [5.74, 6) is -0.484. The highest BCUT2D eigenvalue weighted by Crippen LogP contribution is 2.43. The molecule has 0 aliphatic carbocycles. The van der Waals surface area contributed by atoms with Crippen LogP contribution in [0.2, 0.25) is 0 Å². The average molecular weight is 553 g/mol. The second-order valence-electron chi connectivity index (χ2n) is 11.2. The Hall–Kier alpha value is -0.500. The van der Waals surface area contributed by atoms with Crippen molar-refractivity contribution >= 4 is 13.8 Å². The van der Waals surface area contributed by atoms with Crippen LogP contribution in [0.1, 0.15) is 117 Å². The summed E-state index contributed by atoms with van der Waals surface area (Å²) >= 11 is 0. The Kier molecular flexibility index (Phi) is 23.1. The van der Waals surface area contributed by atoms with Gasteiger partial charge < -0.3 is 18.9 Å². The number of unbranched alkanes of at least 4 members (excludes halogenated alkanes) is 14. The number of hydrogen-bond donors (Lipinski definition) is 1. The van der Waals surface area contributed by atoms with E-state index in [1.165, 1.54) is 84.0 Å². The number of quaternary nitrogens is 1. The molecule has 9 heteroatoms. The standard InChI is InChI=1S/C28H58NO7P/c1-6-7-8-9-10-11-12-13-14-15-16-17-18-20-23-33-25-28(36-27(2)30)26-35-37(31,32)34-24-21-19-22-29(3,4)5/h28H,6-26H2,1-5H3/p+1. The molecule has 0 radical (unpaired) electrons. The smallest absolute Gasteiger partial charge is 0.458 e. The van der Waals surface area contributed by atoms with Crippen molar-refractivity contribution in [2.75, 3.05) is 54.1 Å². The van der Waals surface area contributed by atoms with Crippen LogP contribution in [0.25, 0.3) is 0 Å². The van der Waals surface area contributed by atoms with E-state index in [4.69, 9.17) is 18.5 Å². The van der Waals surface area contributed by atoms with E-state index in [0.29, 0.717) is 13.0 Å². The number of rotatable bonds is 27. The van der Waals surface area contributed by atoms with Gasteiger partial charge in [-0.1, -0.05) is 90.4 Å². The van der Waals surface area contributed by atoms with Crippen molar-refractivity contribution in [1.82, 2.24) is 0 Å². The van der Waals surface area contributed by atoms with Crippen molar-refractivity contribution in [3.63, 3.8) is 0 Å². The maximum atomic E-state index is 12.1. The van der Waals surface area contributed by atoms with Gasteiger partial charge >= 0.3 is 13.8 Å². The minimum Gasteiger partial charge on any atom is -0.458 e. The van der Waals surface area contributed by atoms with E-state index < -0.39 is 19.9 Å². The van der Waals surface area contributed by atoms with Crippen LogP contribution >= 0.6 is 7.82 Å². The molecule has 37 heavy (non-hydrogen) atoms. The Morgan fingerprint density at radius 1 is 0.730 bits per heavy atom. The highest BCUT2D eigenvalue weighted by atomic mass is 31.2. The molecule has 0 aliphatic rings. The highest BCUT2D eigenvalue weighted by Gasteiger charge is 2.24. The largest absolute Gasteiger partial charge is 0.472 e. The lowest BCUT2D eigenvalue weighted by Gasteiger charge is -2.23. The van der Waals surface area contributed by atoms with E-state index in [-0.39, 0.29) is 19.8 Å². The third-order valence-electron chi connectivity index (χ3n) is 6.18. The van der Waals surface area contributed by atoms with Gasteiger partial charge in [0.2, 0.25) is 0 Å². The molecule has 1 N–H and O–H groups in total. The summed E-state index contributed by atoms with van der Waals surface area (Å²) in [7, 11) is 2.09. The fourth-order valence-electron chi connectivity index (χ4n) is 4.05. The lowest BCUT2D eigenvalue weighted by atomic mass is 10.0. The molecule has 8 nitrogen and oxygen atoms in total. The Morgan fingerprint density at radius 2 is 1.22 bits per heavy atom. The summed E-state index contributed by atoms with van der Waals surface area (Å²) in [6, 6.07) is 0. The summed E-state index contributed by atoms with van der Waals surface area (Å²) < 4.78 is 33.8. The summed E-state index contributed by atoms with van der Waals surface area (Å²) in [5.41, 5.74) is 0. The van der Waals surface area contributed by atoms with Crippen LogP contribution in [0.4, 0.5) is 0 Å². The first-order chi connectivity index (χ1) is 17.6. The van der Waals surface area contributed by atoms with Crippen molar-refractivity contribution in [2.24, 2.45) is 0 Å². The average Bonchev–Trinajstić information content (AvgIpc) is 2.80. The minimum atomic E-state index is -4.20. The maximum Gasteiger partial charge on any atom is 0.472 e. The third kappa shape index (κ3) is 28.3. The maximum absolute atomic E-state index is 12.1. The Balaban J connectivity index is 3.79. The molecule has 0 bridgehead atoms. The molecule has 2 unspecified atom stereocenters. The monoisotopic (exact) mass is 552 g/mol. The van der Waals surface area contributed by atoms with Crippen molar-refractivity contribution in [3.05, 3.63) is 0 Å². The van der Waals surface area contributed by atoms with Crippen LogP contribution in [0.15, 0.2) is 0 Å². The van der Waals surface area contributed by atoms with Gasteiger partial charge in [0.15, 0.2) is 0 Å². The van der Waals surface area contributed by atoms with E-state index in [9.17, 15) is 14.3 Å². The number of ether oxygens (including phenoxy) is 2. The van der Waals surface area contributed by atoms with Gasteiger partial charge in [0.1, 0.15) is 6.10 Å². The summed E-state index contributed by atoms with van der Waals surface area (Å²) in [6.07, 6.45) is 19.0. The molecule has 0 amide bonds. The number of phosphoric acid groups is 1. The molecule has 0 saturated carbocycles. The van der Waals surface area contributed by atoms with Crippen molar-refractivity contribution in [3.8, 4) is 0 Å². The Morgan fingerprint density at radius 3 is 1.70 bits per heavy atom. The van der Waals surface area contributed by atoms with Crippen LogP contribution in [-0.2, 0) is 27.9 Å². The zero-order chi connectivity index (χ0) is 27.8. The molecule has 0 saturated heterocycles. The van der Waals surface area contributed by atoms with Crippen LogP contribution in [-0.4, -0.2) is 75.6 Å². The first-order valence-electron chi connectivity index (χ1n) is 14.7. The van der Waals surface area contributed by atoms with Gasteiger partial charge in [-0.05, 0) is 19.3 Å². The summed E-state index contributed by atoms with van der Waals surface area (Å²) in [6.45, 7) is 5.09. The molecule has 2 atom stereocenters. The lowest BCUT2D eigenvalue weighted by molar-refractivity contribution is -0.870. The fraction of sp³-hybridized carbons (Fsp3) is 0.964. The molecule has 0 aromatic rings. The molecular formula is C28H59NO7P+. The first kappa shape index (κ1) is 36.5. The molecular weight excluding hydrogens is 493 g/mol. The normalized spacial score (nSPS) is 14.4. The second-order valence-corrected chi connectivity index (χ2v) is 12.7. The number of carbonyl (C=O) groups is 1. The number of carbonyl (C=O) groups excluding carboxylic acids is 1. The Labute approximate surface area is 228 Å². The van der Waals surface area contributed by atoms with Gasteiger partial charge in [-0.25, -0.2) is 4.57 Å². The minimum absolute atomic E-state index is 0.127. The quantitative estimate of drug-likeness (QED) is 0.0506. The highest BCUT2D eigenvalue weighted by molar-refractivity contribution is 7.47. The first-order valence-corrected chi connectivity index (χ1v) is 16.2. The number of hydrogen-bond acceptors (Lipinski definition) is 6. The van der Waals surface area contributed by atoms with Crippen molar-refractivity contribution in [2.45, 2.75) is 123 Å². The third-order valence-corrected chi connectivity index (χ3v) is 7.16. The molecule has 222 valence electrons. The van der Waals surface area contributed by atoms with Crippen LogP contribution in [0, 0.1) is 0 Å². The number of phosphoric ester groups is 1. The molecule has 0 fully saturated rings. The van der Waals surface area contributed by atoms with E-state index in [1.54, 1.807) is 0 Å². The van der Waals surface area contributed by atoms with Gasteiger partial charge in [0, 0.05) is 13.5 Å². The lowest BCUT2D eigenvalue weighted by Crippen LogP contribution is -2.35. The topological polar surface area (TPSA) is 91.3 Å². The van der Waals surface area contributed by atoms with E-state index in [2.05, 4.69) is 28.1 Å². The molecule has 0 aromatic carbocycles.